The lowest BCUT2D eigenvalue weighted by Crippen LogP contribution is -2.02. The van der Waals surface area contributed by atoms with Gasteiger partial charge in [-0.05, 0) is 0 Å². The van der Waals surface area contributed by atoms with Gasteiger partial charge >= 0.3 is 11.9 Å². The van der Waals surface area contributed by atoms with Gasteiger partial charge in [0.15, 0.2) is 0 Å². The zero-order chi connectivity index (χ0) is 7.98. The smallest absolute Gasteiger partial charge is 0.308 e. The summed E-state index contributed by atoms with van der Waals surface area (Å²) in [7, 11) is 3.62. The standard InChI is InChI=1S/C4H8O4P2/c5-3(7-9)1-2-4(6)8-10/h1-2,9-10H2. The fraction of sp³-hybridized carbons (Fsp3) is 0.500. The number of carbonyl (C=O) groups is 2. The van der Waals surface area contributed by atoms with Crippen molar-refractivity contribution in [1.82, 2.24) is 0 Å². The van der Waals surface area contributed by atoms with E-state index in [-0.39, 0.29) is 12.8 Å². The third-order valence-corrected chi connectivity index (χ3v) is 1.32. The van der Waals surface area contributed by atoms with Crippen LogP contribution in [-0.4, -0.2) is 11.9 Å². The van der Waals surface area contributed by atoms with E-state index >= 15 is 0 Å². The zero-order valence-electron chi connectivity index (χ0n) is 5.20. The maximum absolute atomic E-state index is 10.4. The van der Waals surface area contributed by atoms with Crippen LogP contribution >= 0.6 is 18.9 Å². The number of hydrogen-bond acceptors (Lipinski definition) is 4. The van der Waals surface area contributed by atoms with E-state index in [4.69, 9.17) is 0 Å². The highest BCUT2D eigenvalue weighted by molar-refractivity contribution is 7.11. The minimum absolute atomic E-state index is 0.0523. The quantitative estimate of drug-likeness (QED) is 0.594. The molecule has 0 aromatic carbocycles. The maximum atomic E-state index is 10.4. The van der Waals surface area contributed by atoms with Gasteiger partial charge in [0.1, 0.15) is 0 Å². The third kappa shape index (κ3) is 4.66. The van der Waals surface area contributed by atoms with Gasteiger partial charge in [-0.25, -0.2) is 0 Å². The highest BCUT2D eigenvalue weighted by atomic mass is 31.0. The SMILES string of the molecule is O=C(CCC(=O)OP)OP. The second-order valence-corrected chi connectivity index (χ2v) is 1.95. The Kier molecular flexibility index (Phi) is 5.46. The summed E-state index contributed by atoms with van der Waals surface area (Å²) < 4.78 is 8.42. The molecule has 0 aromatic rings. The lowest BCUT2D eigenvalue weighted by molar-refractivity contribution is -0.139. The van der Waals surface area contributed by atoms with Crippen LogP contribution in [0, 0.1) is 0 Å². The molecule has 0 radical (unpaired) electrons. The number of rotatable bonds is 3. The zero-order valence-corrected chi connectivity index (χ0v) is 7.51. The summed E-state index contributed by atoms with van der Waals surface area (Å²) in [6.45, 7) is 0. The first kappa shape index (κ1) is 9.80. The van der Waals surface area contributed by atoms with Crippen LogP contribution in [0.15, 0.2) is 0 Å². The van der Waals surface area contributed by atoms with Crippen LogP contribution < -0.4 is 0 Å². The monoisotopic (exact) mass is 182 g/mol. The molecule has 0 bridgehead atoms. The highest BCUT2D eigenvalue weighted by Gasteiger charge is 2.05. The molecule has 0 rings (SSSR count). The molecular formula is C4H8O4P2. The molecule has 0 fully saturated rings. The molecule has 0 saturated carbocycles. The predicted octanol–water partition coefficient (Wildman–Crippen LogP) is 0.433. The van der Waals surface area contributed by atoms with Crippen LogP contribution in [0.1, 0.15) is 12.8 Å². The largest absolute Gasteiger partial charge is 0.451 e. The van der Waals surface area contributed by atoms with E-state index in [1.54, 1.807) is 0 Å². The minimum atomic E-state index is -0.444. The van der Waals surface area contributed by atoms with Crippen molar-refractivity contribution in [1.29, 1.82) is 0 Å². The first-order valence-corrected chi connectivity index (χ1v) is 3.44. The molecule has 0 saturated heterocycles. The average Bonchev–Trinajstić information content (AvgIpc) is 1.99. The van der Waals surface area contributed by atoms with Crippen molar-refractivity contribution >= 4 is 30.9 Å². The highest BCUT2D eigenvalue weighted by Crippen LogP contribution is 2.00. The molecule has 0 spiro atoms. The summed E-state index contributed by atoms with van der Waals surface area (Å²) in [5, 5.41) is 0. The van der Waals surface area contributed by atoms with Crippen molar-refractivity contribution in [3.8, 4) is 0 Å². The van der Waals surface area contributed by atoms with E-state index in [9.17, 15) is 9.59 Å². The average molecular weight is 182 g/mol. The van der Waals surface area contributed by atoms with Crippen LogP contribution in [0.2, 0.25) is 0 Å². The molecule has 0 aliphatic carbocycles. The first-order chi connectivity index (χ1) is 4.70. The van der Waals surface area contributed by atoms with Crippen molar-refractivity contribution in [3.63, 3.8) is 0 Å². The predicted molar refractivity (Wildman–Crippen MR) is 40.8 cm³/mol. The second kappa shape index (κ2) is 5.57. The van der Waals surface area contributed by atoms with Crippen LogP contribution in [0.25, 0.3) is 0 Å². The fourth-order valence-electron chi connectivity index (χ4n) is 0.322. The van der Waals surface area contributed by atoms with Gasteiger partial charge in [-0.2, -0.15) is 0 Å². The Hall–Kier alpha value is -0.200. The molecule has 10 heavy (non-hydrogen) atoms. The number of carbonyl (C=O) groups excluding carboxylic acids is 2. The lowest BCUT2D eigenvalue weighted by Gasteiger charge is -1.96. The van der Waals surface area contributed by atoms with E-state index in [1.165, 1.54) is 0 Å². The van der Waals surface area contributed by atoms with Crippen molar-refractivity contribution < 1.29 is 18.6 Å². The summed E-state index contributed by atoms with van der Waals surface area (Å²) in [4.78, 5) is 20.7. The molecule has 4 nitrogen and oxygen atoms in total. The van der Waals surface area contributed by atoms with Gasteiger partial charge in [-0.15, -0.1) is 0 Å². The first-order valence-electron chi connectivity index (χ1n) is 2.50. The van der Waals surface area contributed by atoms with Gasteiger partial charge in [0.25, 0.3) is 0 Å². The van der Waals surface area contributed by atoms with Gasteiger partial charge in [0.05, 0.1) is 31.8 Å². The summed E-state index contributed by atoms with van der Waals surface area (Å²) in [6.07, 6.45) is 0.105. The Morgan fingerprint density at radius 1 is 1.00 bits per heavy atom. The van der Waals surface area contributed by atoms with Crippen LogP contribution in [-0.2, 0) is 18.6 Å². The molecule has 58 valence electrons. The second-order valence-electron chi connectivity index (χ2n) is 1.48. The molecule has 6 heteroatoms. The third-order valence-electron chi connectivity index (χ3n) is 0.796. The van der Waals surface area contributed by atoms with Crippen LogP contribution in [0.4, 0.5) is 0 Å². The van der Waals surface area contributed by atoms with E-state index in [2.05, 4.69) is 9.05 Å². The molecule has 2 unspecified atom stereocenters. The van der Waals surface area contributed by atoms with Gasteiger partial charge in [0, 0.05) is 0 Å². The number of hydrogen-bond donors (Lipinski definition) is 0. The molecule has 0 aliphatic rings. The Bertz CT molecular complexity index is 119. The van der Waals surface area contributed by atoms with Crippen molar-refractivity contribution in [3.05, 3.63) is 0 Å². The Morgan fingerprint density at radius 3 is 1.50 bits per heavy atom. The van der Waals surface area contributed by atoms with E-state index in [0.717, 1.165) is 0 Å². The van der Waals surface area contributed by atoms with Gasteiger partial charge in [-0.1, -0.05) is 0 Å². The van der Waals surface area contributed by atoms with Gasteiger partial charge in [-0.3, -0.25) is 9.59 Å². The molecule has 2 atom stereocenters. The normalized spacial score (nSPS) is 8.60. The minimum Gasteiger partial charge on any atom is -0.451 e. The summed E-state index contributed by atoms with van der Waals surface area (Å²) in [6, 6.07) is 0. The van der Waals surface area contributed by atoms with Crippen molar-refractivity contribution in [2.45, 2.75) is 12.8 Å². The fourth-order valence-corrected chi connectivity index (χ4v) is 0.558. The Morgan fingerprint density at radius 2 is 1.30 bits per heavy atom. The summed E-state index contributed by atoms with van der Waals surface area (Å²) in [5.74, 6) is -0.888. The molecular weight excluding hydrogens is 174 g/mol. The summed E-state index contributed by atoms with van der Waals surface area (Å²) in [5.41, 5.74) is 0. The topological polar surface area (TPSA) is 52.6 Å². The van der Waals surface area contributed by atoms with Crippen molar-refractivity contribution in [2.75, 3.05) is 0 Å². The summed E-state index contributed by atoms with van der Waals surface area (Å²) >= 11 is 0. The van der Waals surface area contributed by atoms with E-state index in [0.29, 0.717) is 0 Å². The molecule has 0 N–H and O–H groups in total. The van der Waals surface area contributed by atoms with Crippen LogP contribution in [0.5, 0.6) is 0 Å². The molecule has 0 aromatic heterocycles. The van der Waals surface area contributed by atoms with E-state index < -0.39 is 11.9 Å². The molecule has 0 heterocycles. The van der Waals surface area contributed by atoms with E-state index in [1.807, 2.05) is 18.9 Å². The van der Waals surface area contributed by atoms with Gasteiger partial charge < -0.3 is 9.05 Å². The Balaban J connectivity index is 3.35. The molecule has 0 amide bonds. The Labute approximate surface area is 63.2 Å². The maximum Gasteiger partial charge on any atom is 0.308 e. The lowest BCUT2D eigenvalue weighted by atomic mass is 10.3. The van der Waals surface area contributed by atoms with Crippen molar-refractivity contribution in [2.24, 2.45) is 0 Å². The van der Waals surface area contributed by atoms with Crippen LogP contribution in [0.3, 0.4) is 0 Å². The molecule has 0 aliphatic heterocycles. The van der Waals surface area contributed by atoms with Gasteiger partial charge in [0.2, 0.25) is 0 Å².